The Labute approximate surface area is 161 Å². The zero-order chi connectivity index (χ0) is 20.5. The molecule has 2 N–H and O–H groups in total. The van der Waals surface area contributed by atoms with E-state index in [2.05, 4.69) is 24.9 Å². The predicted molar refractivity (Wildman–Crippen MR) is 104 cm³/mol. The van der Waals surface area contributed by atoms with Gasteiger partial charge in [0.2, 0.25) is 10.0 Å². The highest BCUT2D eigenvalue weighted by Crippen LogP contribution is 2.31. The van der Waals surface area contributed by atoms with Gasteiger partial charge < -0.3 is 14.8 Å². The van der Waals surface area contributed by atoms with Crippen molar-refractivity contribution in [2.24, 2.45) is 0 Å². The average molecular weight is 405 g/mol. The summed E-state index contributed by atoms with van der Waals surface area (Å²) in [5.74, 6) is 0.756. The minimum Gasteiger partial charge on any atom is -0.437 e. The predicted octanol–water partition coefficient (Wildman–Crippen LogP) is 2.61. The standard InChI is InChI=1S/C17H19N5O5S/c1-10-5-6-12(21-28(4,24)25)7-13(10)20-16-15-11(2)14(27-17(23)26-3)8-22(15)19-9-18-16/h5-9,21H,1-4H3,(H,18,19,20). The molecule has 0 unspecified atom stereocenters. The van der Waals surface area contributed by atoms with Crippen LogP contribution in [0.4, 0.5) is 22.0 Å². The molecule has 0 saturated heterocycles. The number of aromatic nitrogens is 3. The lowest BCUT2D eigenvalue weighted by atomic mass is 10.2. The number of benzene rings is 1. The Morgan fingerprint density at radius 2 is 2.00 bits per heavy atom. The van der Waals surface area contributed by atoms with Crippen molar-refractivity contribution in [3.63, 3.8) is 0 Å². The molecule has 10 nitrogen and oxygen atoms in total. The molecule has 0 saturated carbocycles. The van der Waals surface area contributed by atoms with Crippen LogP contribution >= 0.6 is 0 Å². The molecular weight excluding hydrogens is 386 g/mol. The summed E-state index contributed by atoms with van der Waals surface area (Å²) < 4.78 is 36.6. The van der Waals surface area contributed by atoms with Gasteiger partial charge in [-0.3, -0.25) is 4.72 Å². The molecule has 0 spiro atoms. The van der Waals surface area contributed by atoms with E-state index >= 15 is 0 Å². The van der Waals surface area contributed by atoms with Crippen LogP contribution < -0.4 is 14.8 Å². The van der Waals surface area contributed by atoms with E-state index < -0.39 is 16.2 Å². The Morgan fingerprint density at radius 1 is 1.25 bits per heavy atom. The van der Waals surface area contributed by atoms with E-state index in [1.165, 1.54) is 18.0 Å². The van der Waals surface area contributed by atoms with Crippen molar-refractivity contribution >= 4 is 38.9 Å². The fourth-order valence-corrected chi connectivity index (χ4v) is 3.18. The summed E-state index contributed by atoms with van der Waals surface area (Å²) in [6.07, 6.45) is 3.14. The van der Waals surface area contributed by atoms with Crippen molar-refractivity contribution in [3.05, 3.63) is 41.9 Å². The first-order chi connectivity index (χ1) is 13.2. The summed E-state index contributed by atoms with van der Waals surface area (Å²) in [6.45, 7) is 3.64. The second-order valence-corrected chi connectivity index (χ2v) is 7.85. The fourth-order valence-electron chi connectivity index (χ4n) is 2.63. The summed E-state index contributed by atoms with van der Waals surface area (Å²) in [5.41, 5.74) is 3.19. The minimum absolute atomic E-state index is 0.291. The number of rotatable bonds is 5. The van der Waals surface area contributed by atoms with Crippen LogP contribution in [0.5, 0.6) is 5.75 Å². The summed E-state index contributed by atoms with van der Waals surface area (Å²) in [4.78, 5) is 15.7. The summed E-state index contributed by atoms with van der Waals surface area (Å²) in [7, 11) is -2.18. The van der Waals surface area contributed by atoms with E-state index in [9.17, 15) is 13.2 Å². The van der Waals surface area contributed by atoms with Crippen molar-refractivity contribution in [2.45, 2.75) is 13.8 Å². The van der Waals surface area contributed by atoms with Crippen LogP contribution in [-0.2, 0) is 14.8 Å². The van der Waals surface area contributed by atoms with E-state index in [1.807, 2.05) is 6.92 Å². The Bertz CT molecular complexity index is 1160. The molecule has 28 heavy (non-hydrogen) atoms. The number of fused-ring (bicyclic) bond motifs is 1. The van der Waals surface area contributed by atoms with E-state index in [0.717, 1.165) is 11.8 Å². The number of carbonyl (C=O) groups is 1. The normalized spacial score (nSPS) is 11.3. The maximum absolute atomic E-state index is 11.5. The fraction of sp³-hybridized carbons (Fsp3) is 0.235. The molecule has 3 rings (SSSR count). The van der Waals surface area contributed by atoms with Gasteiger partial charge in [-0.15, -0.1) is 0 Å². The monoisotopic (exact) mass is 405 g/mol. The molecule has 0 aliphatic carbocycles. The number of hydrogen-bond donors (Lipinski definition) is 2. The van der Waals surface area contributed by atoms with Gasteiger partial charge in [0, 0.05) is 11.3 Å². The molecule has 2 aromatic heterocycles. The molecular formula is C17H19N5O5S. The molecule has 0 bridgehead atoms. The minimum atomic E-state index is -3.40. The van der Waals surface area contributed by atoms with Crippen LogP contribution in [0.15, 0.2) is 30.7 Å². The van der Waals surface area contributed by atoms with Gasteiger partial charge >= 0.3 is 6.16 Å². The topological polar surface area (TPSA) is 124 Å². The molecule has 0 aliphatic rings. The van der Waals surface area contributed by atoms with Crippen molar-refractivity contribution < 1.29 is 22.7 Å². The number of hydrogen-bond acceptors (Lipinski definition) is 8. The van der Waals surface area contributed by atoms with Crippen LogP contribution in [0.2, 0.25) is 0 Å². The average Bonchev–Trinajstić information content (AvgIpc) is 2.93. The van der Waals surface area contributed by atoms with Crippen molar-refractivity contribution in [3.8, 4) is 5.75 Å². The highest BCUT2D eigenvalue weighted by atomic mass is 32.2. The van der Waals surface area contributed by atoms with Crippen LogP contribution in [0.25, 0.3) is 5.52 Å². The number of anilines is 3. The van der Waals surface area contributed by atoms with Gasteiger partial charge in [-0.05, 0) is 31.5 Å². The Morgan fingerprint density at radius 3 is 2.68 bits per heavy atom. The van der Waals surface area contributed by atoms with Crippen LogP contribution in [-0.4, -0.2) is 42.5 Å². The Balaban J connectivity index is 2.01. The summed E-state index contributed by atoms with van der Waals surface area (Å²) >= 11 is 0. The molecule has 1 aromatic carbocycles. The third-order valence-electron chi connectivity index (χ3n) is 3.93. The first-order valence-electron chi connectivity index (χ1n) is 8.12. The number of methoxy groups -OCH3 is 1. The van der Waals surface area contributed by atoms with E-state index in [0.29, 0.717) is 34.0 Å². The second kappa shape index (κ2) is 7.35. The quantitative estimate of drug-likeness (QED) is 0.621. The number of nitrogens with zero attached hydrogens (tertiary/aromatic N) is 3. The van der Waals surface area contributed by atoms with Crippen molar-refractivity contribution in [2.75, 3.05) is 23.4 Å². The first kappa shape index (κ1) is 19.4. The molecule has 0 atom stereocenters. The molecule has 0 fully saturated rings. The van der Waals surface area contributed by atoms with Gasteiger partial charge in [0.15, 0.2) is 11.6 Å². The van der Waals surface area contributed by atoms with Gasteiger partial charge in [0.25, 0.3) is 0 Å². The maximum atomic E-state index is 11.5. The molecule has 0 aliphatic heterocycles. The van der Waals surface area contributed by atoms with Gasteiger partial charge in [-0.2, -0.15) is 5.10 Å². The summed E-state index contributed by atoms with van der Waals surface area (Å²) in [6, 6.07) is 5.12. The third-order valence-corrected chi connectivity index (χ3v) is 4.54. The number of sulfonamides is 1. The second-order valence-electron chi connectivity index (χ2n) is 6.11. The summed E-state index contributed by atoms with van der Waals surface area (Å²) in [5, 5.41) is 7.31. The van der Waals surface area contributed by atoms with Gasteiger partial charge in [-0.1, -0.05) is 6.07 Å². The zero-order valence-electron chi connectivity index (χ0n) is 15.7. The third kappa shape index (κ3) is 4.14. The zero-order valence-corrected chi connectivity index (χ0v) is 16.5. The van der Waals surface area contributed by atoms with Gasteiger partial charge in [0.1, 0.15) is 11.8 Å². The van der Waals surface area contributed by atoms with Crippen molar-refractivity contribution in [1.82, 2.24) is 14.6 Å². The molecule has 148 valence electrons. The number of carbonyl (C=O) groups excluding carboxylic acids is 1. The van der Waals surface area contributed by atoms with Crippen molar-refractivity contribution in [1.29, 1.82) is 0 Å². The van der Waals surface area contributed by atoms with Crippen LogP contribution in [0.1, 0.15) is 11.1 Å². The SMILES string of the molecule is COC(=O)Oc1cn2ncnc(Nc3cc(NS(C)(=O)=O)ccc3C)c2c1C. The Hall–Kier alpha value is -3.34. The van der Waals surface area contributed by atoms with Gasteiger partial charge in [-0.25, -0.2) is 22.7 Å². The molecule has 3 aromatic rings. The largest absolute Gasteiger partial charge is 0.513 e. The number of aryl methyl sites for hydroxylation is 2. The number of ether oxygens (including phenoxy) is 2. The molecule has 2 heterocycles. The lowest BCUT2D eigenvalue weighted by Crippen LogP contribution is -2.10. The highest BCUT2D eigenvalue weighted by molar-refractivity contribution is 7.92. The van der Waals surface area contributed by atoms with Crippen LogP contribution in [0.3, 0.4) is 0 Å². The molecule has 0 radical (unpaired) electrons. The maximum Gasteiger partial charge on any atom is 0.513 e. The van der Waals surface area contributed by atoms with Gasteiger partial charge in [0.05, 0.1) is 25.2 Å². The molecule has 0 amide bonds. The Kier molecular flexibility index (Phi) is 5.10. The first-order valence-corrected chi connectivity index (χ1v) is 10.0. The lowest BCUT2D eigenvalue weighted by molar-refractivity contribution is 0.121. The van der Waals surface area contributed by atoms with E-state index in [-0.39, 0.29) is 0 Å². The molecule has 11 heteroatoms. The van der Waals surface area contributed by atoms with E-state index in [1.54, 1.807) is 31.3 Å². The highest BCUT2D eigenvalue weighted by Gasteiger charge is 2.17. The van der Waals surface area contributed by atoms with Crippen LogP contribution in [0, 0.1) is 13.8 Å². The number of nitrogens with one attached hydrogen (secondary N) is 2. The lowest BCUT2D eigenvalue weighted by Gasteiger charge is -2.12. The smallest absolute Gasteiger partial charge is 0.437 e. The van der Waals surface area contributed by atoms with E-state index in [4.69, 9.17) is 4.74 Å².